The van der Waals surface area contributed by atoms with E-state index in [0.717, 1.165) is 5.56 Å². The Hall–Kier alpha value is -3.24. The van der Waals surface area contributed by atoms with Gasteiger partial charge in [0.1, 0.15) is 0 Å². The number of hydrogen-bond donors (Lipinski definition) is 2. The van der Waals surface area contributed by atoms with Gasteiger partial charge < -0.3 is 11.5 Å². The van der Waals surface area contributed by atoms with Gasteiger partial charge in [-0.1, -0.05) is 84.9 Å². The van der Waals surface area contributed by atoms with Crippen LogP contribution in [-0.2, 0) is 4.79 Å². The zero-order valence-electron chi connectivity index (χ0n) is 14.9. The van der Waals surface area contributed by atoms with Crippen LogP contribution >= 0.6 is 0 Å². The number of rotatable bonds is 7. The van der Waals surface area contributed by atoms with Crippen LogP contribution in [0.25, 0.3) is 0 Å². The third kappa shape index (κ3) is 4.49. The van der Waals surface area contributed by atoms with E-state index in [1.54, 1.807) is 12.1 Å². The summed E-state index contributed by atoms with van der Waals surface area (Å²) >= 11 is 0. The minimum Gasteiger partial charge on any atom is -0.370 e. The highest BCUT2D eigenvalue weighted by molar-refractivity contribution is 6.01. The number of amides is 1. The average Bonchev–Trinajstić information content (AvgIpc) is 2.69. The number of carbonyl (C=O) groups excluding carboxylic acids is 2. The fourth-order valence-corrected chi connectivity index (χ4v) is 3.23. The van der Waals surface area contributed by atoms with Crippen molar-refractivity contribution in [1.29, 1.82) is 0 Å². The summed E-state index contributed by atoms with van der Waals surface area (Å²) in [4.78, 5) is 23.4. The molecule has 0 unspecified atom stereocenters. The Bertz CT molecular complexity index is 867. The molecule has 4 heteroatoms. The van der Waals surface area contributed by atoms with Crippen LogP contribution in [0.2, 0.25) is 0 Å². The minimum atomic E-state index is -0.910. The van der Waals surface area contributed by atoms with Crippen molar-refractivity contribution in [1.82, 2.24) is 0 Å². The van der Waals surface area contributed by atoms with Crippen molar-refractivity contribution in [3.05, 3.63) is 107 Å². The molecule has 0 saturated carbocycles. The summed E-state index contributed by atoms with van der Waals surface area (Å²) in [6, 6.07) is 26.9. The third-order valence-electron chi connectivity index (χ3n) is 4.55. The molecule has 0 aliphatic heterocycles. The molecule has 1 atom stereocenters. The van der Waals surface area contributed by atoms with E-state index in [9.17, 15) is 9.59 Å². The first kappa shape index (κ1) is 18.5. The largest absolute Gasteiger partial charge is 0.370 e. The molecule has 3 aromatic carbocycles. The van der Waals surface area contributed by atoms with Crippen molar-refractivity contribution in [2.45, 2.75) is 18.4 Å². The molecule has 0 radical (unpaired) electrons. The van der Waals surface area contributed by atoms with Gasteiger partial charge >= 0.3 is 0 Å². The zero-order chi connectivity index (χ0) is 19.2. The zero-order valence-corrected chi connectivity index (χ0v) is 14.9. The van der Waals surface area contributed by atoms with Crippen molar-refractivity contribution in [2.75, 3.05) is 0 Å². The molecule has 0 aromatic heterocycles. The lowest BCUT2D eigenvalue weighted by molar-refractivity contribution is -0.118. The van der Waals surface area contributed by atoms with Crippen LogP contribution in [0, 0.1) is 0 Å². The van der Waals surface area contributed by atoms with Crippen LogP contribution in [0.4, 0.5) is 0 Å². The first-order chi connectivity index (χ1) is 13.1. The van der Waals surface area contributed by atoms with Gasteiger partial charge in [-0.15, -0.1) is 0 Å². The van der Waals surface area contributed by atoms with E-state index in [4.69, 9.17) is 11.5 Å². The van der Waals surface area contributed by atoms with Crippen LogP contribution in [0.15, 0.2) is 84.9 Å². The third-order valence-corrected chi connectivity index (χ3v) is 4.55. The number of benzene rings is 3. The Morgan fingerprint density at radius 1 is 0.704 bits per heavy atom. The Balaban J connectivity index is 1.93. The van der Waals surface area contributed by atoms with Gasteiger partial charge in [0, 0.05) is 17.9 Å². The summed E-state index contributed by atoms with van der Waals surface area (Å²) in [5.74, 6) is -0.798. The predicted octanol–water partition coefficient (Wildman–Crippen LogP) is 3.25. The molecule has 27 heavy (non-hydrogen) atoms. The Morgan fingerprint density at radius 3 is 1.59 bits per heavy atom. The molecule has 4 nitrogen and oxygen atoms in total. The van der Waals surface area contributed by atoms with Crippen LogP contribution in [0.3, 0.4) is 0 Å². The monoisotopic (exact) mass is 358 g/mol. The smallest absolute Gasteiger partial charge is 0.219 e. The van der Waals surface area contributed by atoms with E-state index in [1.165, 1.54) is 11.1 Å². The molecule has 0 heterocycles. The summed E-state index contributed by atoms with van der Waals surface area (Å²) in [6.45, 7) is 0. The van der Waals surface area contributed by atoms with Crippen molar-refractivity contribution >= 4 is 11.7 Å². The lowest BCUT2D eigenvalue weighted by Crippen LogP contribution is -2.35. The van der Waals surface area contributed by atoms with E-state index in [2.05, 4.69) is 24.3 Å². The predicted molar refractivity (Wildman–Crippen MR) is 106 cm³/mol. The number of nitrogens with two attached hydrogens (primary N) is 2. The molecule has 0 spiro atoms. The maximum atomic E-state index is 12.4. The van der Waals surface area contributed by atoms with Gasteiger partial charge in [0.2, 0.25) is 5.91 Å². The molecule has 0 aliphatic rings. The highest BCUT2D eigenvalue weighted by Crippen LogP contribution is 2.31. The van der Waals surface area contributed by atoms with E-state index in [1.807, 2.05) is 48.5 Å². The quantitative estimate of drug-likeness (QED) is 0.502. The number of primary amides is 1. The van der Waals surface area contributed by atoms with Gasteiger partial charge in [0.25, 0.3) is 0 Å². The van der Waals surface area contributed by atoms with Crippen molar-refractivity contribution < 1.29 is 9.59 Å². The van der Waals surface area contributed by atoms with Gasteiger partial charge in [-0.05, 0) is 16.7 Å². The topological polar surface area (TPSA) is 86.2 Å². The second-order valence-electron chi connectivity index (χ2n) is 6.52. The van der Waals surface area contributed by atoms with Gasteiger partial charge in [0.05, 0.1) is 6.04 Å². The van der Waals surface area contributed by atoms with Crippen molar-refractivity contribution in [3.8, 4) is 0 Å². The summed E-state index contributed by atoms with van der Waals surface area (Å²) in [6.07, 6.45) is -0.156. The van der Waals surface area contributed by atoms with E-state index < -0.39 is 11.9 Å². The molecule has 3 rings (SSSR count). The molecule has 4 N–H and O–H groups in total. The number of Topliss-reactive ketones (excluding diaryl/α,β-unsaturated/α-hetero) is 1. The van der Waals surface area contributed by atoms with E-state index >= 15 is 0 Å². The van der Waals surface area contributed by atoms with Crippen molar-refractivity contribution in [2.24, 2.45) is 11.5 Å². The van der Waals surface area contributed by atoms with Gasteiger partial charge in [-0.2, -0.15) is 0 Å². The standard InChI is InChI=1S/C23H22N2O2/c24-20(15-21(25)26)23(27)19-13-11-18(12-14-19)22(16-7-3-1-4-8-16)17-9-5-2-6-10-17/h1-14,20,22H,15,24H2,(H2,25,26)/t20-/m0/s1. The molecule has 3 aromatic rings. The second kappa shape index (κ2) is 8.43. The van der Waals surface area contributed by atoms with Gasteiger partial charge in [-0.3, -0.25) is 9.59 Å². The van der Waals surface area contributed by atoms with Gasteiger partial charge in [-0.25, -0.2) is 0 Å². The Kier molecular flexibility index (Phi) is 5.79. The first-order valence-electron chi connectivity index (χ1n) is 8.84. The van der Waals surface area contributed by atoms with Crippen LogP contribution < -0.4 is 11.5 Å². The second-order valence-corrected chi connectivity index (χ2v) is 6.52. The number of ketones is 1. The maximum Gasteiger partial charge on any atom is 0.219 e. The maximum absolute atomic E-state index is 12.4. The Labute approximate surface area is 158 Å². The lowest BCUT2D eigenvalue weighted by atomic mass is 9.84. The molecule has 0 bridgehead atoms. The summed E-state index contributed by atoms with van der Waals surface area (Å²) < 4.78 is 0. The molecule has 0 fully saturated rings. The molecule has 0 aliphatic carbocycles. The highest BCUT2D eigenvalue weighted by atomic mass is 16.1. The lowest BCUT2D eigenvalue weighted by Gasteiger charge is -2.19. The Morgan fingerprint density at radius 2 is 1.15 bits per heavy atom. The van der Waals surface area contributed by atoms with E-state index in [-0.39, 0.29) is 18.1 Å². The highest BCUT2D eigenvalue weighted by Gasteiger charge is 2.20. The molecule has 1 amide bonds. The number of carbonyl (C=O) groups is 2. The molecule has 0 saturated heterocycles. The first-order valence-corrected chi connectivity index (χ1v) is 8.84. The SMILES string of the molecule is NC(=O)C[C@H](N)C(=O)c1ccc(C(c2ccccc2)c2ccccc2)cc1. The van der Waals surface area contributed by atoms with Crippen LogP contribution in [0.5, 0.6) is 0 Å². The van der Waals surface area contributed by atoms with Crippen LogP contribution in [-0.4, -0.2) is 17.7 Å². The fourth-order valence-electron chi connectivity index (χ4n) is 3.23. The molecule has 136 valence electrons. The number of hydrogen-bond acceptors (Lipinski definition) is 3. The average molecular weight is 358 g/mol. The summed E-state index contributed by atoms with van der Waals surface area (Å²) in [5.41, 5.74) is 14.8. The van der Waals surface area contributed by atoms with Crippen molar-refractivity contribution in [3.63, 3.8) is 0 Å². The van der Waals surface area contributed by atoms with Gasteiger partial charge in [0.15, 0.2) is 5.78 Å². The van der Waals surface area contributed by atoms with E-state index in [0.29, 0.717) is 5.56 Å². The molecular formula is C23H22N2O2. The summed E-state index contributed by atoms with van der Waals surface area (Å²) in [7, 11) is 0. The summed E-state index contributed by atoms with van der Waals surface area (Å²) in [5, 5.41) is 0. The van der Waals surface area contributed by atoms with Crippen LogP contribution in [0.1, 0.15) is 39.4 Å². The normalized spacial score (nSPS) is 11.9. The minimum absolute atomic E-state index is 0.0656. The fraction of sp³-hybridized carbons (Fsp3) is 0.130. The molecular weight excluding hydrogens is 336 g/mol.